The number of halogens is 5. The van der Waals surface area contributed by atoms with Gasteiger partial charge in [0.2, 0.25) is 0 Å². The number of hydrogen-bond donors (Lipinski definition) is 0. The molecule has 0 fully saturated rings. The van der Waals surface area contributed by atoms with Gasteiger partial charge in [-0.3, -0.25) is 4.98 Å². The van der Waals surface area contributed by atoms with Crippen molar-refractivity contribution in [2.45, 2.75) is 13.1 Å². The van der Waals surface area contributed by atoms with Gasteiger partial charge in [-0.05, 0) is 35.0 Å². The largest absolute Gasteiger partial charge is 0.462 e. The molecule has 0 bridgehead atoms. The molecule has 0 N–H and O–H groups in total. The Bertz CT molecular complexity index is 719. The number of rotatable bonds is 2. The number of aromatic nitrogens is 1. The number of benzene rings is 1. The van der Waals surface area contributed by atoms with Gasteiger partial charge in [0.1, 0.15) is 0 Å². The van der Waals surface area contributed by atoms with E-state index in [4.69, 9.17) is 16.3 Å². The number of nitrogens with zero attached hydrogens (tertiary/aromatic N) is 1. The van der Waals surface area contributed by atoms with Crippen LogP contribution >= 0.6 is 27.5 Å². The van der Waals surface area contributed by atoms with Gasteiger partial charge in [-0.15, -0.1) is 0 Å². The second-order valence-electron chi connectivity index (χ2n) is 4.06. The Morgan fingerprint density at radius 3 is 2.67 bits per heavy atom. The first kappa shape index (κ1) is 16.0. The molecule has 0 aliphatic carbocycles. The van der Waals surface area contributed by atoms with Gasteiger partial charge >= 0.3 is 12.1 Å². The highest BCUT2D eigenvalue weighted by Gasteiger charge is 2.32. The van der Waals surface area contributed by atoms with E-state index >= 15 is 0 Å². The van der Waals surface area contributed by atoms with E-state index in [0.29, 0.717) is 0 Å². The van der Waals surface area contributed by atoms with Crippen molar-refractivity contribution >= 4 is 44.4 Å². The molecule has 1 heterocycles. The number of pyridine rings is 1. The van der Waals surface area contributed by atoms with Crippen molar-refractivity contribution < 1.29 is 22.7 Å². The van der Waals surface area contributed by atoms with Crippen LogP contribution in [0.25, 0.3) is 10.9 Å². The Hall–Kier alpha value is -1.34. The first-order valence-electron chi connectivity index (χ1n) is 5.77. The van der Waals surface area contributed by atoms with Crippen molar-refractivity contribution in [2.24, 2.45) is 0 Å². The minimum Gasteiger partial charge on any atom is -0.462 e. The number of hydrogen-bond acceptors (Lipinski definition) is 3. The molecule has 0 radical (unpaired) electrons. The van der Waals surface area contributed by atoms with E-state index in [2.05, 4.69) is 20.9 Å². The van der Waals surface area contributed by atoms with E-state index in [0.717, 1.165) is 12.1 Å². The van der Waals surface area contributed by atoms with E-state index in [1.165, 1.54) is 6.20 Å². The molecule has 0 amide bonds. The van der Waals surface area contributed by atoms with Crippen LogP contribution in [0.5, 0.6) is 0 Å². The summed E-state index contributed by atoms with van der Waals surface area (Å²) in [4.78, 5) is 15.7. The number of fused-ring (bicyclic) bond motifs is 1. The molecule has 0 saturated heterocycles. The molecule has 112 valence electrons. The van der Waals surface area contributed by atoms with Crippen LogP contribution in [-0.4, -0.2) is 17.6 Å². The van der Waals surface area contributed by atoms with Gasteiger partial charge in [0.15, 0.2) is 0 Å². The first-order chi connectivity index (χ1) is 9.75. The van der Waals surface area contributed by atoms with Gasteiger partial charge in [-0.1, -0.05) is 11.6 Å². The van der Waals surface area contributed by atoms with Crippen molar-refractivity contribution in [1.29, 1.82) is 0 Å². The van der Waals surface area contributed by atoms with Crippen LogP contribution in [0.4, 0.5) is 13.2 Å². The summed E-state index contributed by atoms with van der Waals surface area (Å²) in [5.41, 5.74) is -0.718. The number of esters is 1. The average Bonchev–Trinajstić information content (AvgIpc) is 2.38. The molecule has 1 aromatic carbocycles. The smallest absolute Gasteiger partial charge is 0.416 e. The molecular weight excluding hydrogens is 374 g/mol. The zero-order valence-electron chi connectivity index (χ0n) is 10.6. The van der Waals surface area contributed by atoms with E-state index in [-0.39, 0.29) is 32.6 Å². The molecule has 8 heteroatoms. The van der Waals surface area contributed by atoms with Crippen molar-refractivity contribution in [2.75, 3.05) is 6.61 Å². The molecule has 0 aliphatic heterocycles. The molecule has 2 rings (SSSR count). The molecule has 0 atom stereocenters. The molecule has 1 aromatic heterocycles. The Morgan fingerprint density at radius 1 is 1.43 bits per heavy atom. The fourth-order valence-corrected chi connectivity index (χ4v) is 2.58. The zero-order chi connectivity index (χ0) is 15.8. The third-order valence-electron chi connectivity index (χ3n) is 2.68. The molecule has 0 aliphatic rings. The monoisotopic (exact) mass is 381 g/mol. The van der Waals surface area contributed by atoms with Crippen molar-refractivity contribution in [3.8, 4) is 0 Å². The summed E-state index contributed by atoms with van der Waals surface area (Å²) in [5.74, 6) is -0.731. The van der Waals surface area contributed by atoms with Crippen molar-refractivity contribution in [3.63, 3.8) is 0 Å². The Labute approximate surface area is 131 Å². The maximum atomic E-state index is 12.8. The molecule has 0 saturated carbocycles. The first-order valence-corrected chi connectivity index (χ1v) is 6.95. The predicted octanol–water partition coefficient (Wildman–Crippen LogP) is 4.85. The standard InChI is InChI=1S/C13H8BrClF3NO2/c1-2-21-12(20)8-5-19-11-7(10(8)15)3-6(4-9(11)14)13(16,17)18/h3-5H,2H2,1H3. The minimum absolute atomic E-state index is 0.0314. The summed E-state index contributed by atoms with van der Waals surface area (Å²) in [7, 11) is 0. The predicted molar refractivity (Wildman–Crippen MR) is 75.4 cm³/mol. The summed E-state index contributed by atoms with van der Waals surface area (Å²) < 4.78 is 43.4. The van der Waals surface area contributed by atoms with Crippen LogP contribution in [0.2, 0.25) is 5.02 Å². The minimum atomic E-state index is -4.53. The Balaban J connectivity index is 2.71. The SMILES string of the molecule is CCOC(=O)c1cnc2c(Br)cc(C(F)(F)F)cc2c1Cl. The Kier molecular flexibility index (Phi) is 4.43. The molecule has 3 nitrogen and oxygen atoms in total. The third kappa shape index (κ3) is 3.13. The van der Waals surface area contributed by atoms with Gasteiger partial charge < -0.3 is 4.74 Å². The van der Waals surface area contributed by atoms with Gasteiger partial charge in [-0.2, -0.15) is 13.2 Å². The van der Waals surface area contributed by atoms with E-state index in [1.54, 1.807) is 6.92 Å². The number of alkyl halides is 3. The lowest BCUT2D eigenvalue weighted by Gasteiger charge is -2.11. The van der Waals surface area contributed by atoms with Crippen LogP contribution in [0.3, 0.4) is 0 Å². The van der Waals surface area contributed by atoms with E-state index in [1.807, 2.05) is 0 Å². The average molecular weight is 383 g/mol. The van der Waals surface area contributed by atoms with E-state index < -0.39 is 17.7 Å². The number of carbonyl (C=O) groups excluding carboxylic acids is 1. The third-order valence-corrected chi connectivity index (χ3v) is 3.69. The van der Waals surface area contributed by atoms with Crippen LogP contribution in [0, 0.1) is 0 Å². The van der Waals surface area contributed by atoms with Gasteiger partial charge in [-0.25, -0.2) is 4.79 Å². The maximum Gasteiger partial charge on any atom is 0.416 e. The fourth-order valence-electron chi connectivity index (χ4n) is 1.74. The lowest BCUT2D eigenvalue weighted by Crippen LogP contribution is -2.08. The van der Waals surface area contributed by atoms with Crippen LogP contribution in [0.1, 0.15) is 22.8 Å². The lowest BCUT2D eigenvalue weighted by molar-refractivity contribution is -0.137. The molecular formula is C13H8BrClF3NO2. The summed E-state index contributed by atoms with van der Waals surface area (Å²) in [6, 6.07) is 1.77. The zero-order valence-corrected chi connectivity index (χ0v) is 12.9. The van der Waals surface area contributed by atoms with Crippen molar-refractivity contribution in [1.82, 2.24) is 4.98 Å². The normalized spacial score (nSPS) is 11.7. The quantitative estimate of drug-likeness (QED) is 0.697. The summed E-state index contributed by atoms with van der Waals surface area (Å²) >= 11 is 9.07. The second kappa shape index (κ2) is 5.81. The molecule has 0 unspecified atom stereocenters. The highest BCUT2D eigenvalue weighted by Crippen LogP contribution is 2.37. The number of carbonyl (C=O) groups is 1. The highest BCUT2D eigenvalue weighted by atomic mass is 79.9. The van der Waals surface area contributed by atoms with Crippen LogP contribution < -0.4 is 0 Å². The van der Waals surface area contributed by atoms with Crippen LogP contribution in [0.15, 0.2) is 22.8 Å². The van der Waals surface area contributed by atoms with Gasteiger partial charge in [0.25, 0.3) is 0 Å². The molecule has 21 heavy (non-hydrogen) atoms. The van der Waals surface area contributed by atoms with Crippen molar-refractivity contribution in [3.05, 3.63) is 39.0 Å². The van der Waals surface area contributed by atoms with Gasteiger partial charge in [0.05, 0.1) is 28.3 Å². The summed E-state index contributed by atoms with van der Waals surface area (Å²) in [6.07, 6.45) is -3.35. The molecule has 0 spiro atoms. The lowest BCUT2D eigenvalue weighted by atomic mass is 10.1. The summed E-state index contributed by atoms with van der Waals surface area (Å²) in [6.45, 7) is 1.73. The van der Waals surface area contributed by atoms with E-state index in [9.17, 15) is 18.0 Å². The maximum absolute atomic E-state index is 12.8. The Morgan fingerprint density at radius 2 is 2.10 bits per heavy atom. The fraction of sp³-hybridized carbons (Fsp3) is 0.231. The van der Waals surface area contributed by atoms with Gasteiger partial charge in [0, 0.05) is 16.1 Å². The van der Waals surface area contributed by atoms with Crippen LogP contribution in [-0.2, 0) is 10.9 Å². The molecule has 2 aromatic rings. The number of ether oxygens (including phenoxy) is 1. The highest BCUT2D eigenvalue weighted by molar-refractivity contribution is 9.10. The summed E-state index contributed by atoms with van der Waals surface area (Å²) in [5, 5.41) is -0.0887. The second-order valence-corrected chi connectivity index (χ2v) is 5.29. The topological polar surface area (TPSA) is 39.2 Å².